The number of hydrogen-bond donors (Lipinski definition) is 2. The van der Waals surface area contributed by atoms with Crippen LogP contribution in [0.4, 0.5) is 5.69 Å². The number of fused-ring (bicyclic) bond motifs is 4. The molecule has 26 heavy (non-hydrogen) atoms. The predicted octanol–water partition coefficient (Wildman–Crippen LogP) is 1.27. The molecule has 0 saturated carbocycles. The van der Waals surface area contributed by atoms with Crippen molar-refractivity contribution in [1.29, 1.82) is 0 Å². The molecule has 2 aromatic rings. The molecular weight excluding hydrogens is 457 g/mol. The van der Waals surface area contributed by atoms with E-state index in [1.807, 2.05) is 18.2 Å². The van der Waals surface area contributed by atoms with Crippen LogP contribution in [0.2, 0.25) is 5.02 Å². The fourth-order valence-electron chi connectivity index (χ4n) is 4.45. The standard InChI is InChI=1S/C21H22ClIN3/c22-14-3-1-2-12(8-14)11-25-18-5-4-13-9-17-19(10-16(13)18)26-21(24)15-6-7-23-20(15)17/h1-3,8-10,15,18,20,25H,4-7,11H2,(H2,24,26)/q-1. The van der Waals surface area contributed by atoms with Crippen molar-refractivity contribution in [3.05, 3.63) is 63.7 Å². The Morgan fingerprint density at radius 1 is 1.19 bits per heavy atom. The first-order valence-electron chi connectivity index (χ1n) is 9.25. The van der Waals surface area contributed by atoms with E-state index in [0.717, 1.165) is 35.9 Å². The van der Waals surface area contributed by atoms with Crippen LogP contribution in [-0.2, 0) is 13.0 Å². The number of amidine groups is 1. The number of benzene rings is 2. The van der Waals surface area contributed by atoms with Gasteiger partial charge in [-0.05, 0) is 0 Å². The van der Waals surface area contributed by atoms with Crippen LogP contribution in [0.1, 0.15) is 45.1 Å². The summed E-state index contributed by atoms with van der Waals surface area (Å²) in [4.78, 5) is 4.80. The summed E-state index contributed by atoms with van der Waals surface area (Å²) in [6.07, 6.45) is 3.56. The molecule has 3 nitrogen and oxygen atoms in total. The summed E-state index contributed by atoms with van der Waals surface area (Å²) in [5, 5.41) is 4.51. The van der Waals surface area contributed by atoms with Crippen molar-refractivity contribution >= 4 is 23.1 Å². The molecule has 2 heterocycles. The second kappa shape index (κ2) is 6.80. The summed E-state index contributed by atoms with van der Waals surface area (Å²) < 4.78 is 2.08. The van der Waals surface area contributed by atoms with E-state index in [-0.39, 0.29) is 21.2 Å². The zero-order valence-electron chi connectivity index (χ0n) is 14.5. The first-order chi connectivity index (χ1) is 12.7. The van der Waals surface area contributed by atoms with Crippen molar-refractivity contribution in [3.8, 4) is 0 Å². The third kappa shape index (κ3) is 2.96. The van der Waals surface area contributed by atoms with Crippen LogP contribution in [0.25, 0.3) is 0 Å². The number of alkyl halides is 2. The van der Waals surface area contributed by atoms with Gasteiger partial charge >= 0.3 is 170 Å². The van der Waals surface area contributed by atoms with Gasteiger partial charge in [-0.25, -0.2) is 0 Å². The third-order valence-corrected chi connectivity index (χ3v) is 9.75. The molecule has 0 amide bonds. The van der Waals surface area contributed by atoms with Crippen molar-refractivity contribution < 1.29 is 21.2 Å². The Labute approximate surface area is 169 Å². The number of nitrogens with one attached hydrogen (secondary N) is 1. The van der Waals surface area contributed by atoms with Crippen LogP contribution in [-0.4, -0.2) is 10.3 Å². The zero-order chi connectivity index (χ0) is 17.7. The second-order valence-corrected chi connectivity index (χ2v) is 11.1. The monoisotopic (exact) mass is 478 g/mol. The average Bonchev–Trinajstić information content (AvgIpc) is 3.26. The number of aliphatic imine (C=N–C) groups is 1. The molecule has 3 N–H and O–H groups in total. The molecule has 136 valence electrons. The van der Waals surface area contributed by atoms with E-state index < -0.39 is 0 Å². The fraction of sp³-hybridized carbons (Fsp3) is 0.381. The van der Waals surface area contributed by atoms with Crippen LogP contribution in [0.15, 0.2) is 41.4 Å². The molecule has 1 aliphatic carbocycles. The van der Waals surface area contributed by atoms with Gasteiger partial charge in [-0.2, -0.15) is 0 Å². The van der Waals surface area contributed by atoms with E-state index in [2.05, 4.69) is 23.5 Å². The maximum absolute atomic E-state index is 6.30. The number of nitrogens with two attached hydrogens (primary N) is 1. The average molecular weight is 479 g/mol. The number of halogens is 2. The number of rotatable bonds is 3. The maximum atomic E-state index is 6.30. The first kappa shape index (κ1) is 17.0. The topological polar surface area (TPSA) is 50.4 Å². The molecule has 5 heteroatoms. The van der Waals surface area contributed by atoms with Crippen molar-refractivity contribution in [2.24, 2.45) is 16.6 Å². The van der Waals surface area contributed by atoms with Crippen molar-refractivity contribution in [3.63, 3.8) is 0 Å². The van der Waals surface area contributed by atoms with Gasteiger partial charge in [0.25, 0.3) is 0 Å². The van der Waals surface area contributed by atoms with E-state index in [4.69, 9.17) is 22.3 Å². The van der Waals surface area contributed by atoms with E-state index >= 15 is 0 Å². The second-order valence-electron chi connectivity index (χ2n) is 7.39. The molecule has 3 aliphatic rings. The van der Waals surface area contributed by atoms with E-state index in [0.29, 0.717) is 15.9 Å². The summed E-state index contributed by atoms with van der Waals surface area (Å²) >= 11 is 6.32. The summed E-state index contributed by atoms with van der Waals surface area (Å²) in [6.45, 7) is 0.837. The summed E-state index contributed by atoms with van der Waals surface area (Å²) in [5.41, 5.74) is 13.1. The van der Waals surface area contributed by atoms with Gasteiger partial charge in [0.05, 0.1) is 0 Å². The fourth-order valence-corrected chi connectivity index (χ4v) is 8.68. The van der Waals surface area contributed by atoms with Gasteiger partial charge in [0.1, 0.15) is 0 Å². The van der Waals surface area contributed by atoms with Gasteiger partial charge in [-0.1, -0.05) is 0 Å². The Hall–Kier alpha value is -1.11. The SMILES string of the molecule is NC1=Nc2cc3c(cc2C2[I-]CCC12)CCC3NCc1cccc(Cl)c1. The molecule has 2 aromatic carbocycles. The van der Waals surface area contributed by atoms with Crippen LogP contribution in [0, 0.1) is 5.92 Å². The van der Waals surface area contributed by atoms with E-state index in [9.17, 15) is 0 Å². The molecule has 1 fully saturated rings. The van der Waals surface area contributed by atoms with Crippen molar-refractivity contribution in [2.75, 3.05) is 4.43 Å². The van der Waals surface area contributed by atoms with Crippen molar-refractivity contribution in [2.45, 2.75) is 35.8 Å². The van der Waals surface area contributed by atoms with Gasteiger partial charge in [-0.15, -0.1) is 0 Å². The first-order valence-corrected chi connectivity index (χ1v) is 12.4. The van der Waals surface area contributed by atoms with Crippen LogP contribution in [0.5, 0.6) is 0 Å². The Morgan fingerprint density at radius 2 is 2.12 bits per heavy atom. The molecule has 0 radical (unpaired) electrons. The number of hydrogen-bond acceptors (Lipinski definition) is 3. The Kier molecular flexibility index (Phi) is 4.45. The summed E-state index contributed by atoms with van der Waals surface area (Å²) in [5.74, 6) is 1.40. The van der Waals surface area contributed by atoms with Gasteiger partial charge in [0.15, 0.2) is 0 Å². The minimum absolute atomic E-state index is 0.216. The molecule has 3 unspecified atom stereocenters. The number of nitrogens with zero attached hydrogens (tertiary/aromatic N) is 1. The molecular formula is C21H22ClIN3-. The predicted molar refractivity (Wildman–Crippen MR) is 103 cm³/mol. The van der Waals surface area contributed by atoms with Gasteiger partial charge in [-0.3, -0.25) is 0 Å². The van der Waals surface area contributed by atoms with Gasteiger partial charge < -0.3 is 0 Å². The normalized spacial score (nSPS) is 26.5. The molecule has 0 bridgehead atoms. The van der Waals surface area contributed by atoms with Gasteiger partial charge in [0, 0.05) is 0 Å². The van der Waals surface area contributed by atoms with E-state index in [1.54, 1.807) is 0 Å². The Bertz CT molecular complexity index is 895. The molecule has 0 spiro atoms. The quantitative estimate of drug-likeness (QED) is 0.516. The Balaban J connectivity index is 1.41. The molecule has 5 rings (SSSR count). The molecule has 3 atom stereocenters. The van der Waals surface area contributed by atoms with Gasteiger partial charge in [0.2, 0.25) is 0 Å². The summed E-state index contributed by atoms with van der Waals surface area (Å²) in [6, 6.07) is 13.3. The zero-order valence-corrected chi connectivity index (χ0v) is 17.4. The Morgan fingerprint density at radius 3 is 3.00 bits per heavy atom. The van der Waals surface area contributed by atoms with Crippen molar-refractivity contribution in [1.82, 2.24) is 5.32 Å². The van der Waals surface area contributed by atoms with E-state index in [1.165, 1.54) is 33.1 Å². The van der Waals surface area contributed by atoms with Crippen LogP contribution in [0.3, 0.4) is 0 Å². The molecule has 0 aromatic heterocycles. The molecule has 2 aliphatic heterocycles. The van der Waals surface area contributed by atoms with Crippen LogP contribution >= 0.6 is 11.6 Å². The molecule has 1 saturated heterocycles. The third-order valence-electron chi connectivity index (χ3n) is 5.78. The number of aryl methyl sites for hydroxylation is 1. The summed E-state index contributed by atoms with van der Waals surface area (Å²) in [7, 11) is 0. The minimum atomic E-state index is 0.216. The van der Waals surface area contributed by atoms with Crippen LogP contribution < -0.4 is 32.3 Å².